The predicted molar refractivity (Wildman–Crippen MR) is 132 cm³/mol. The number of nitrogens with zero attached hydrogens (tertiary/aromatic N) is 2. The average Bonchev–Trinajstić information content (AvgIpc) is 3.41. The van der Waals surface area contributed by atoms with Crippen LogP contribution in [0.25, 0.3) is 0 Å². The molecular weight excluding hydrogens is 499 g/mol. The molecule has 0 amide bonds. The summed E-state index contributed by atoms with van der Waals surface area (Å²) in [5.74, 6) is 1.49. The van der Waals surface area contributed by atoms with Crippen LogP contribution in [0.3, 0.4) is 0 Å². The number of nitrogens with one attached hydrogen (secondary N) is 2. The Bertz CT molecular complexity index is 600. The number of hydrogen-bond donors (Lipinski definition) is 2. The summed E-state index contributed by atoms with van der Waals surface area (Å²) >= 11 is 1.81. The first kappa shape index (κ1) is 24.8. The van der Waals surface area contributed by atoms with Gasteiger partial charge in [0.05, 0.1) is 26.4 Å². The lowest BCUT2D eigenvalue weighted by Gasteiger charge is -2.37. The van der Waals surface area contributed by atoms with Gasteiger partial charge in [0, 0.05) is 55.0 Å². The fourth-order valence-electron chi connectivity index (χ4n) is 3.92. The third-order valence-corrected chi connectivity index (χ3v) is 6.90. The second-order valence-electron chi connectivity index (χ2n) is 8.28. The zero-order chi connectivity index (χ0) is 19.8. The monoisotopic (exact) mass is 536 g/mol. The minimum Gasteiger partial charge on any atom is -0.381 e. The molecule has 3 heterocycles. The summed E-state index contributed by atoms with van der Waals surface area (Å²) in [6.07, 6.45) is 1.14. The molecule has 2 saturated heterocycles. The van der Waals surface area contributed by atoms with Crippen LogP contribution in [-0.4, -0.2) is 76.1 Å². The Morgan fingerprint density at radius 3 is 2.69 bits per heavy atom. The highest BCUT2D eigenvalue weighted by Crippen LogP contribution is 2.27. The van der Waals surface area contributed by atoms with Gasteiger partial charge in [-0.15, -0.1) is 35.3 Å². The van der Waals surface area contributed by atoms with Crippen LogP contribution in [0.1, 0.15) is 32.1 Å². The lowest BCUT2D eigenvalue weighted by Crippen LogP contribution is -2.53. The van der Waals surface area contributed by atoms with Gasteiger partial charge in [0.1, 0.15) is 0 Å². The first-order valence-electron chi connectivity index (χ1n) is 10.6. The average molecular weight is 537 g/mol. The van der Waals surface area contributed by atoms with Crippen molar-refractivity contribution in [1.82, 2.24) is 15.5 Å². The van der Waals surface area contributed by atoms with E-state index in [1.165, 1.54) is 4.88 Å². The standard InChI is InChI=1S/C21H36N4O2S.HI/c1-4-22-20(24-16-21(2,3)19-6-5-13-28-19)23-14-18(17-7-10-27-15-17)25-8-11-26-12-9-25;/h5-6,13,17-18H,4,7-12,14-16H2,1-3H3,(H2,22,23,24);1H. The Hall–Kier alpha value is -0.420. The van der Waals surface area contributed by atoms with Crippen LogP contribution < -0.4 is 10.6 Å². The smallest absolute Gasteiger partial charge is 0.191 e. The van der Waals surface area contributed by atoms with Crippen LogP contribution in [0.15, 0.2) is 22.5 Å². The molecule has 2 aliphatic rings. The van der Waals surface area contributed by atoms with Gasteiger partial charge in [0.2, 0.25) is 0 Å². The maximum atomic E-state index is 5.69. The molecule has 2 N–H and O–H groups in total. The zero-order valence-electron chi connectivity index (χ0n) is 18.0. The van der Waals surface area contributed by atoms with E-state index in [9.17, 15) is 0 Å². The van der Waals surface area contributed by atoms with E-state index in [1.54, 1.807) is 11.3 Å². The molecule has 8 heteroatoms. The minimum absolute atomic E-state index is 0. The van der Waals surface area contributed by atoms with Crippen molar-refractivity contribution in [3.63, 3.8) is 0 Å². The number of ether oxygens (including phenoxy) is 2. The number of thiophene rings is 1. The topological polar surface area (TPSA) is 58.1 Å². The fourth-order valence-corrected chi connectivity index (χ4v) is 4.76. The second-order valence-corrected chi connectivity index (χ2v) is 9.22. The molecule has 2 unspecified atom stereocenters. The van der Waals surface area contributed by atoms with Crippen LogP contribution in [0, 0.1) is 5.92 Å². The molecule has 0 radical (unpaired) electrons. The number of hydrogen-bond acceptors (Lipinski definition) is 5. The Kier molecular flexibility index (Phi) is 10.7. The van der Waals surface area contributed by atoms with E-state index in [0.717, 1.165) is 71.5 Å². The van der Waals surface area contributed by atoms with Crippen LogP contribution in [0.5, 0.6) is 0 Å². The maximum absolute atomic E-state index is 5.69. The van der Waals surface area contributed by atoms with Crippen molar-refractivity contribution < 1.29 is 9.47 Å². The SMILES string of the molecule is CCNC(=NCC(C)(C)c1cccs1)NCC(C1CCOC1)N1CCOCC1.I. The van der Waals surface area contributed by atoms with Crippen LogP contribution >= 0.6 is 35.3 Å². The van der Waals surface area contributed by atoms with Gasteiger partial charge in [0.25, 0.3) is 0 Å². The van der Waals surface area contributed by atoms with Crippen LogP contribution in [0.2, 0.25) is 0 Å². The van der Waals surface area contributed by atoms with Gasteiger partial charge in [-0.25, -0.2) is 0 Å². The molecule has 1 aromatic heterocycles. The van der Waals surface area contributed by atoms with Crippen molar-refractivity contribution in [3.8, 4) is 0 Å². The zero-order valence-corrected chi connectivity index (χ0v) is 21.1. The number of halogens is 1. The number of guanidine groups is 1. The molecule has 0 aliphatic carbocycles. The van der Waals surface area contributed by atoms with E-state index in [4.69, 9.17) is 14.5 Å². The third kappa shape index (κ3) is 7.34. The van der Waals surface area contributed by atoms with E-state index < -0.39 is 0 Å². The molecule has 2 aliphatic heterocycles. The van der Waals surface area contributed by atoms with E-state index in [-0.39, 0.29) is 29.4 Å². The summed E-state index contributed by atoms with van der Waals surface area (Å²) in [5.41, 5.74) is 0.0411. The molecule has 1 aromatic rings. The molecule has 0 bridgehead atoms. The van der Waals surface area contributed by atoms with Crippen molar-refractivity contribution in [2.45, 2.75) is 38.6 Å². The summed E-state index contributed by atoms with van der Waals surface area (Å²) in [6, 6.07) is 4.78. The van der Waals surface area contributed by atoms with Gasteiger partial charge in [-0.3, -0.25) is 9.89 Å². The highest BCUT2D eigenvalue weighted by atomic mass is 127. The summed E-state index contributed by atoms with van der Waals surface area (Å²) in [4.78, 5) is 8.85. The Labute approximate surface area is 196 Å². The predicted octanol–water partition coefficient (Wildman–Crippen LogP) is 2.94. The van der Waals surface area contributed by atoms with E-state index in [1.807, 2.05) is 0 Å². The van der Waals surface area contributed by atoms with Gasteiger partial charge in [-0.2, -0.15) is 0 Å². The van der Waals surface area contributed by atoms with Crippen molar-refractivity contribution in [2.24, 2.45) is 10.9 Å². The van der Waals surface area contributed by atoms with Crippen LogP contribution in [-0.2, 0) is 14.9 Å². The normalized spacial score (nSPS) is 22.2. The van der Waals surface area contributed by atoms with Crippen LogP contribution in [0.4, 0.5) is 0 Å². The number of rotatable bonds is 8. The molecule has 0 aromatic carbocycles. The van der Waals surface area contributed by atoms with Gasteiger partial charge in [-0.1, -0.05) is 19.9 Å². The molecule has 0 saturated carbocycles. The largest absolute Gasteiger partial charge is 0.381 e. The van der Waals surface area contributed by atoms with Crippen molar-refractivity contribution >= 4 is 41.3 Å². The van der Waals surface area contributed by atoms with Gasteiger partial charge in [-0.05, 0) is 24.8 Å². The quantitative estimate of drug-likeness (QED) is 0.304. The number of morpholine rings is 1. The highest BCUT2D eigenvalue weighted by molar-refractivity contribution is 14.0. The lowest BCUT2D eigenvalue weighted by atomic mass is 9.92. The summed E-state index contributed by atoms with van der Waals surface area (Å²) in [7, 11) is 0. The van der Waals surface area contributed by atoms with E-state index in [2.05, 4.69) is 53.8 Å². The van der Waals surface area contributed by atoms with Crippen molar-refractivity contribution in [1.29, 1.82) is 0 Å². The molecule has 3 rings (SSSR count). The molecule has 2 atom stereocenters. The molecule has 2 fully saturated rings. The maximum Gasteiger partial charge on any atom is 0.191 e. The first-order chi connectivity index (χ1) is 13.6. The first-order valence-corrected chi connectivity index (χ1v) is 11.4. The molecule has 0 spiro atoms. The van der Waals surface area contributed by atoms with Gasteiger partial charge in [0.15, 0.2) is 5.96 Å². The van der Waals surface area contributed by atoms with Gasteiger partial charge < -0.3 is 20.1 Å². The minimum atomic E-state index is 0. The molecule has 6 nitrogen and oxygen atoms in total. The summed E-state index contributed by atoms with van der Waals surface area (Å²) < 4.78 is 11.2. The van der Waals surface area contributed by atoms with Gasteiger partial charge >= 0.3 is 0 Å². The molecular formula is C21H37IN4O2S. The highest BCUT2D eigenvalue weighted by Gasteiger charge is 2.31. The fraction of sp³-hybridized carbons (Fsp3) is 0.762. The van der Waals surface area contributed by atoms with E-state index in [0.29, 0.717) is 12.0 Å². The Morgan fingerprint density at radius 2 is 2.07 bits per heavy atom. The van der Waals surface area contributed by atoms with Crippen molar-refractivity contribution in [2.75, 3.05) is 59.2 Å². The lowest BCUT2D eigenvalue weighted by molar-refractivity contribution is 0.00246. The van der Waals surface area contributed by atoms with Crippen molar-refractivity contribution in [3.05, 3.63) is 22.4 Å². The molecule has 166 valence electrons. The summed E-state index contributed by atoms with van der Waals surface area (Å²) in [6.45, 7) is 14.6. The van der Waals surface area contributed by atoms with E-state index >= 15 is 0 Å². The number of aliphatic imine (C=N–C) groups is 1. The second kappa shape index (κ2) is 12.4. The summed E-state index contributed by atoms with van der Waals surface area (Å²) in [5, 5.41) is 9.17. The Morgan fingerprint density at radius 1 is 1.28 bits per heavy atom. The Balaban J connectivity index is 0.00000300. The molecule has 29 heavy (non-hydrogen) atoms. The third-order valence-electron chi connectivity index (χ3n) is 5.67.